The van der Waals surface area contributed by atoms with Crippen LogP contribution in [0.2, 0.25) is 0 Å². The van der Waals surface area contributed by atoms with Crippen molar-refractivity contribution in [2.75, 3.05) is 13.2 Å². The van der Waals surface area contributed by atoms with Crippen molar-refractivity contribution in [3.05, 3.63) is 62.7 Å². The number of halogens is 1. The maximum Gasteiger partial charge on any atom is 0.342 e. The Bertz CT molecular complexity index is 912. The summed E-state index contributed by atoms with van der Waals surface area (Å²) in [6, 6.07) is 3.93. The number of hydrogen-bond acceptors (Lipinski definition) is 5. The van der Waals surface area contributed by atoms with Crippen molar-refractivity contribution in [2.24, 2.45) is 0 Å². The lowest BCUT2D eigenvalue weighted by Crippen LogP contribution is -2.44. The van der Waals surface area contributed by atoms with E-state index >= 15 is 0 Å². The summed E-state index contributed by atoms with van der Waals surface area (Å²) in [4.78, 5) is 36.6. The molecular weight excluding hydrogens is 335 g/mol. The first-order valence-electron chi connectivity index (χ1n) is 7.51. The molecule has 1 unspecified atom stereocenters. The highest BCUT2D eigenvalue weighted by molar-refractivity contribution is 5.86. The Hall–Kier alpha value is -2.78. The number of carboxylic acid groups (broad SMARTS) is 1. The summed E-state index contributed by atoms with van der Waals surface area (Å²) in [6.45, 7) is 2.32. The molecule has 8 nitrogen and oxygen atoms in total. The smallest absolute Gasteiger partial charge is 0.342 e. The van der Waals surface area contributed by atoms with E-state index in [0.717, 1.165) is 22.9 Å². The van der Waals surface area contributed by atoms with Crippen LogP contribution in [-0.2, 0) is 9.47 Å². The quantitative estimate of drug-likeness (QED) is 0.874. The molecule has 0 radical (unpaired) electrons. The highest BCUT2D eigenvalue weighted by atomic mass is 19.1. The highest BCUT2D eigenvalue weighted by Crippen LogP contribution is 2.18. The molecule has 2 aromatic rings. The third kappa shape index (κ3) is 3.11. The van der Waals surface area contributed by atoms with Gasteiger partial charge in [0.2, 0.25) is 0 Å². The predicted octanol–water partition coefficient (Wildman–Crippen LogP) is 0.770. The van der Waals surface area contributed by atoms with Crippen LogP contribution in [0.3, 0.4) is 0 Å². The molecule has 1 aromatic heterocycles. The van der Waals surface area contributed by atoms with Gasteiger partial charge in [0, 0.05) is 6.20 Å². The standard InChI is InChI=1S/C16H15FN2O6/c1-9(15-24-6-7-25-15)18-8-12(14(21)22)13(20)19(16(18)23)11-4-2-10(17)3-5-11/h2-5,8-9,15H,6-7H2,1H3,(H,21,22). The molecule has 0 spiro atoms. The van der Waals surface area contributed by atoms with E-state index in [0.29, 0.717) is 17.8 Å². The average Bonchev–Trinajstić information content (AvgIpc) is 3.10. The van der Waals surface area contributed by atoms with E-state index in [1.54, 1.807) is 6.92 Å². The summed E-state index contributed by atoms with van der Waals surface area (Å²) in [5.74, 6) is -2.03. The molecule has 0 amide bonds. The fraction of sp³-hybridized carbons (Fsp3) is 0.312. The zero-order valence-electron chi connectivity index (χ0n) is 13.2. The Labute approximate surface area is 140 Å². The van der Waals surface area contributed by atoms with Gasteiger partial charge in [0.15, 0.2) is 6.29 Å². The molecule has 1 aliphatic heterocycles. The maximum atomic E-state index is 13.1. The largest absolute Gasteiger partial charge is 0.477 e. The number of nitrogens with zero attached hydrogens (tertiary/aromatic N) is 2. The summed E-state index contributed by atoms with van der Waals surface area (Å²) >= 11 is 0. The van der Waals surface area contributed by atoms with E-state index < -0.39 is 40.9 Å². The van der Waals surface area contributed by atoms with Crippen molar-refractivity contribution in [2.45, 2.75) is 19.3 Å². The Balaban J connectivity index is 2.23. The van der Waals surface area contributed by atoms with Crippen molar-refractivity contribution in [1.82, 2.24) is 9.13 Å². The zero-order valence-corrected chi connectivity index (χ0v) is 13.2. The molecule has 25 heavy (non-hydrogen) atoms. The van der Waals surface area contributed by atoms with Crippen LogP contribution in [0.25, 0.3) is 5.69 Å². The van der Waals surface area contributed by atoms with E-state index in [9.17, 15) is 23.9 Å². The second-order valence-electron chi connectivity index (χ2n) is 5.51. The molecule has 132 valence electrons. The second-order valence-corrected chi connectivity index (χ2v) is 5.51. The molecule has 3 rings (SSSR count). The summed E-state index contributed by atoms with van der Waals surface area (Å²) in [6.07, 6.45) is 0.237. The number of aromatic nitrogens is 2. The van der Waals surface area contributed by atoms with Gasteiger partial charge in [-0.1, -0.05) is 0 Å². The number of carbonyl (C=O) groups is 1. The topological polar surface area (TPSA) is 99.8 Å². The van der Waals surface area contributed by atoms with E-state index in [4.69, 9.17) is 9.47 Å². The molecule has 0 aliphatic carbocycles. The van der Waals surface area contributed by atoms with Crippen LogP contribution in [0.1, 0.15) is 23.3 Å². The number of ether oxygens (including phenoxy) is 2. The lowest BCUT2D eigenvalue weighted by molar-refractivity contribution is -0.0744. The van der Waals surface area contributed by atoms with E-state index in [1.807, 2.05) is 0 Å². The minimum absolute atomic E-state index is 0.0636. The number of benzene rings is 1. The van der Waals surface area contributed by atoms with Crippen LogP contribution in [0.5, 0.6) is 0 Å². The SMILES string of the molecule is CC(C1OCCO1)n1cc(C(=O)O)c(=O)n(-c2ccc(F)cc2)c1=O. The Morgan fingerprint density at radius 1 is 1.24 bits per heavy atom. The second kappa shape index (κ2) is 6.61. The monoisotopic (exact) mass is 350 g/mol. The molecule has 1 N–H and O–H groups in total. The zero-order chi connectivity index (χ0) is 18.1. The Morgan fingerprint density at radius 3 is 2.40 bits per heavy atom. The Kier molecular flexibility index (Phi) is 4.51. The van der Waals surface area contributed by atoms with Gasteiger partial charge in [0.05, 0.1) is 24.9 Å². The fourth-order valence-electron chi connectivity index (χ4n) is 2.61. The lowest BCUT2D eigenvalue weighted by Gasteiger charge is -2.21. The minimum atomic E-state index is -1.48. The van der Waals surface area contributed by atoms with Gasteiger partial charge in [-0.15, -0.1) is 0 Å². The van der Waals surface area contributed by atoms with Crippen molar-refractivity contribution < 1.29 is 23.8 Å². The minimum Gasteiger partial charge on any atom is -0.477 e. The van der Waals surface area contributed by atoms with Gasteiger partial charge < -0.3 is 14.6 Å². The molecular formula is C16H15FN2O6. The first-order valence-corrected chi connectivity index (χ1v) is 7.51. The third-order valence-corrected chi connectivity index (χ3v) is 3.91. The van der Waals surface area contributed by atoms with Crippen molar-refractivity contribution in [3.63, 3.8) is 0 Å². The first-order chi connectivity index (χ1) is 11.9. The summed E-state index contributed by atoms with van der Waals surface area (Å²) < 4.78 is 25.6. The van der Waals surface area contributed by atoms with Crippen LogP contribution in [-0.4, -0.2) is 39.7 Å². The van der Waals surface area contributed by atoms with Gasteiger partial charge in [-0.25, -0.2) is 18.5 Å². The molecule has 2 heterocycles. The molecule has 1 aromatic carbocycles. The van der Waals surface area contributed by atoms with Gasteiger partial charge in [0.25, 0.3) is 5.56 Å². The van der Waals surface area contributed by atoms with Crippen molar-refractivity contribution in [1.29, 1.82) is 0 Å². The van der Waals surface area contributed by atoms with Crippen LogP contribution >= 0.6 is 0 Å². The normalized spacial score (nSPS) is 16.1. The van der Waals surface area contributed by atoms with Crippen molar-refractivity contribution in [3.8, 4) is 5.69 Å². The molecule has 1 fully saturated rings. The van der Waals surface area contributed by atoms with Gasteiger partial charge in [0.1, 0.15) is 11.4 Å². The van der Waals surface area contributed by atoms with Gasteiger partial charge in [-0.3, -0.25) is 9.36 Å². The molecule has 9 heteroatoms. The summed E-state index contributed by atoms with van der Waals surface area (Å²) in [5.41, 5.74) is -2.29. The lowest BCUT2D eigenvalue weighted by atomic mass is 10.2. The highest BCUT2D eigenvalue weighted by Gasteiger charge is 2.28. The molecule has 1 aliphatic rings. The number of rotatable bonds is 4. The van der Waals surface area contributed by atoms with Gasteiger partial charge in [-0.2, -0.15) is 0 Å². The van der Waals surface area contributed by atoms with Crippen molar-refractivity contribution >= 4 is 5.97 Å². The number of hydrogen-bond donors (Lipinski definition) is 1. The van der Waals surface area contributed by atoms with Gasteiger partial charge >= 0.3 is 11.7 Å². The number of aromatic carboxylic acids is 1. The van der Waals surface area contributed by atoms with Crippen LogP contribution in [0.15, 0.2) is 40.1 Å². The van der Waals surface area contributed by atoms with Gasteiger partial charge in [-0.05, 0) is 31.2 Å². The van der Waals surface area contributed by atoms with Crippen LogP contribution < -0.4 is 11.2 Å². The summed E-state index contributed by atoms with van der Waals surface area (Å²) in [5, 5.41) is 9.29. The van der Waals surface area contributed by atoms with Crippen LogP contribution in [0, 0.1) is 5.82 Å². The first kappa shape index (κ1) is 17.1. The fourth-order valence-corrected chi connectivity index (χ4v) is 2.61. The molecule has 0 bridgehead atoms. The van der Waals surface area contributed by atoms with E-state index in [-0.39, 0.29) is 5.69 Å². The van der Waals surface area contributed by atoms with E-state index in [1.165, 1.54) is 12.1 Å². The Morgan fingerprint density at radius 2 is 1.84 bits per heavy atom. The predicted molar refractivity (Wildman–Crippen MR) is 83.6 cm³/mol. The molecule has 1 atom stereocenters. The third-order valence-electron chi connectivity index (χ3n) is 3.91. The number of carboxylic acids is 1. The molecule has 0 saturated carbocycles. The van der Waals surface area contributed by atoms with E-state index in [2.05, 4.69) is 0 Å². The summed E-state index contributed by atoms with van der Waals surface area (Å²) in [7, 11) is 0. The maximum absolute atomic E-state index is 13.1. The van der Waals surface area contributed by atoms with Crippen LogP contribution in [0.4, 0.5) is 4.39 Å². The average molecular weight is 350 g/mol. The molecule has 1 saturated heterocycles.